The smallest absolute Gasteiger partial charge is 0.416 e. The van der Waals surface area contributed by atoms with Crippen LogP contribution in [-0.2, 0) is 33.2 Å². The number of aliphatic hydroxyl groups excluding tert-OH is 1. The molecule has 354 valence electrons. The third-order valence-corrected chi connectivity index (χ3v) is 12.8. The number of alkyl halides is 6. The lowest BCUT2D eigenvalue weighted by atomic mass is 9.72. The van der Waals surface area contributed by atoms with E-state index in [-0.39, 0.29) is 42.8 Å². The van der Waals surface area contributed by atoms with Crippen molar-refractivity contribution in [2.75, 3.05) is 48.4 Å². The van der Waals surface area contributed by atoms with Gasteiger partial charge in [-0.3, -0.25) is 14.4 Å². The van der Waals surface area contributed by atoms with Crippen LogP contribution in [0.4, 0.5) is 43.4 Å². The van der Waals surface area contributed by atoms with Crippen LogP contribution in [0.15, 0.2) is 84.9 Å². The Morgan fingerprint density at radius 1 is 0.776 bits per heavy atom. The number of fused-ring (bicyclic) bond motifs is 4. The van der Waals surface area contributed by atoms with Crippen LogP contribution in [0.1, 0.15) is 86.6 Å². The van der Waals surface area contributed by atoms with Gasteiger partial charge in [-0.1, -0.05) is 38.1 Å². The number of ether oxygens (including phenoxy) is 4. The molecule has 0 aromatic heterocycles. The lowest BCUT2D eigenvalue weighted by Gasteiger charge is -2.46. The third-order valence-electron chi connectivity index (χ3n) is 12.8. The first kappa shape index (κ1) is 47.0. The summed E-state index contributed by atoms with van der Waals surface area (Å²) in [4.78, 5) is 39.5. The minimum Gasteiger partial charge on any atom is -0.490 e. The molecule has 0 atom stereocenters. The SMILES string of the molecule is CCC1(CC)C/C(=C\C(=O)Nc2cccc3c2OCC(=O)C3)c2ccc(C(F)(F)F)cc2O1.O=C(/C=C1\CC2(CCC2)Oc2cc(C(F)(F)F)ccc21)Nc1ccc2c(c1)N(CCO)CCO2. The van der Waals surface area contributed by atoms with E-state index in [1.54, 1.807) is 36.4 Å². The van der Waals surface area contributed by atoms with Gasteiger partial charge in [0.15, 0.2) is 5.78 Å². The fourth-order valence-electron chi connectivity index (χ4n) is 9.05. The van der Waals surface area contributed by atoms with Crippen LogP contribution < -0.4 is 34.5 Å². The predicted molar refractivity (Wildman–Crippen MR) is 238 cm³/mol. The van der Waals surface area contributed by atoms with Crippen molar-refractivity contribution in [3.8, 4) is 23.0 Å². The summed E-state index contributed by atoms with van der Waals surface area (Å²) < 4.78 is 103. The molecule has 3 N–H and O–H groups in total. The van der Waals surface area contributed by atoms with Crippen molar-refractivity contribution in [1.82, 2.24) is 0 Å². The standard InChI is InChI=1S/C25H25F3N2O4.C25H24F3NO4/c26-25(27,28)17-2-4-19-16(15-24(6-1-7-24)34-22(19)13-17)12-23(32)29-18-3-5-21-20(14-18)30(8-10-31)9-11-33-21;1-3-24(4-2)13-16(19-9-8-17(25(26,27)28)12-21(19)33-24)11-22(31)29-20-7-5-6-15-10-18(30)14-32-23(15)20/h2-5,12-14,31H,1,6-11,15H2,(H,29,32);5-9,11-12H,3-4,10,13-14H2,1-2H3,(H,29,31)/b16-12+;16-11+. The van der Waals surface area contributed by atoms with Gasteiger partial charge in [0.25, 0.3) is 0 Å². The maximum Gasteiger partial charge on any atom is 0.416 e. The molecular weight excluding hydrogens is 885 g/mol. The Kier molecular flexibility index (Phi) is 13.1. The monoisotopic (exact) mass is 933 g/mol. The topological polar surface area (TPSA) is 136 Å². The number of rotatable bonds is 8. The number of nitrogens with one attached hydrogen (secondary N) is 2. The number of aliphatic hydroxyl groups is 1. The molecule has 67 heavy (non-hydrogen) atoms. The van der Waals surface area contributed by atoms with E-state index >= 15 is 0 Å². The Labute approximate surface area is 382 Å². The second-order valence-corrected chi connectivity index (χ2v) is 17.3. The molecule has 11 nitrogen and oxygen atoms in total. The molecule has 0 saturated heterocycles. The van der Waals surface area contributed by atoms with Crippen LogP contribution >= 0.6 is 0 Å². The fraction of sp³-hybridized carbons (Fsp3) is 0.380. The van der Waals surface area contributed by atoms with Crippen molar-refractivity contribution in [2.24, 2.45) is 0 Å². The maximum absolute atomic E-state index is 13.3. The first-order valence-corrected chi connectivity index (χ1v) is 22.1. The molecule has 5 aliphatic rings. The van der Waals surface area contributed by atoms with Gasteiger partial charge in [0.05, 0.1) is 35.7 Å². The zero-order chi connectivity index (χ0) is 47.7. The summed E-state index contributed by atoms with van der Waals surface area (Å²) in [7, 11) is 0. The minimum atomic E-state index is -4.49. The molecule has 4 aromatic rings. The Bertz CT molecular complexity index is 2630. The molecule has 1 fully saturated rings. The number of anilines is 3. The molecule has 17 heteroatoms. The van der Waals surface area contributed by atoms with E-state index in [2.05, 4.69) is 10.6 Å². The van der Waals surface area contributed by atoms with Crippen molar-refractivity contribution in [2.45, 2.75) is 88.8 Å². The Morgan fingerprint density at radius 3 is 2.03 bits per heavy atom. The lowest BCUT2D eigenvalue weighted by Crippen LogP contribution is -2.45. The van der Waals surface area contributed by atoms with Crippen molar-refractivity contribution in [3.05, 3.63) is 113 Å². The molecule has 1 spiro atoms. The molecule has 4 heterocycles. The number of amides is 2. The maximum atomic E-state index is 13.3. The van der Waals surface area contributed by atoms with Gasteiger partial charge in [-0.05, 0) is 91.8 Å². The van der Waals surface area contributed by atoms with Gasteiger partial charge in [-0.2, -0.15) is 26.3 Å². The van der Waals surface area contributed by atoms with E-state index < -0.39 is 40.6 Å². The number of hydrogen-bond acceptors (Lipinski definition) is 9. The number of benzene rings is 4. The quantitative estimate of drug-likeness (QED) is 0.117. The highest BCUT2D eigenvalue weighted by atomic mass is 19.4. The number of Topliss-reactive ketones (excluding diaryl/α,β-unsaturated/α-hetero) is 1. The number of para-hydroxylation sites is 1. The van der Waals surface area contributed by atoms with Gasteiger partial charge in [0, 0.05) is 60.3 Å². The summed E-state index contributed by atoms with van der Waals surface area (Å²) in [5.41, 5.74) is 1.93. The van der Waals surface area contributed by atoms with Gasteiger partial charge < -0.3 is 39.6 Å². The van der Waals surface area contributed by atoms with Gasteiger partial charge in [-0.15, -0.1) is 0 Å². The third kappa shape index (κ3) is 10.3. The molecule has 1 aliphatic carbocycles. The number of carbonyl (C=O) groups is 3. The van der Waals surface area contributed by atoms with Gasteiger partial charge in [0.1, 0.15) is 47.4 Å². The summed E-state index contributed by atoms with van der Waals surface area (Å²) in [6, 6.07) is 17.3. The second-order valence-electron chi connectivity index (χ2n) is 17.3. The number of nitrogens with zero attached hydrogens (tertiary/aromatic N) is 1. The molecule has 0 radical (unpaired) electrons. The van der Waals surface area contributed by atoms with E-state index in [0.717, 1.165) is 49.2 Å². The number of carbonyl (C=O) groups excluding carboxylic acids is 3. The summed E-state index contributed by atoms with van der Waals surface area (Å²) >= 11 is 0. The average molecular weight is 934 g/mol. The van der Waals surface area contributed by atoms with Crippen LogP contribution in [0.5, 0.6) is 23.0 Å². The number of hydrogen-bond donors (Lipinski definition) is 3. The van der Waals surface area contributed by atoms with Crippen LogP contribution in [0.2, 0.25) is 0 Å². The fourth-order valence-corrected chi connectivity index (χ4v) is 9.05. The number of halogens is 6. The molecular formula is C50H49F6N3O8. The minimum absolute atomic E-state index is 0.00140. The van der Waals surface area contributed by atoms with Gasteiger partial charge >= 0.3 is 12.4 Å². The summed E-state index contributed by atoms with van der Waals surface area (Å²) in [6.45, 7) is 5.38. The molecule has 4 aromatic carbocycles. The summed E-state index contributed by atoms with van der Waals surface area (Å²) in [5.74, 6) is 0.587. The highest BCUT2D eigenvalue weighted by molar-refractivity contribution is 6.06. The van der Waals surface area contributed by atoms with E-state index in [1.807, 2.05) is 18.7 Å². The van der Waals surface area contributed by atoms with E-state index in [4.69, 9.17) is 18.9 Å². The van der Waals surface area contributed by atoms with Crippen molar-refractivity contribution >= 4 is 45.8 Å². The highest BCUT2D eigenvalue weighted by Gasteiger charge is 2.45. The van der Waals surface area contributed by atoms with Gasteiger partial charge in [-0.25, -0.2) is 0 Å². The Morgan fingerprint density at radius 2 is 1.42 bits per heavy atom. The van der Waals surface area contributed by atoms with Gasteiger partial charge in [0.2, 0.25) is 11.8 Å². The van der Waals surface area contributed by atoms with Crippen LogP contribution in [0.25, 0.3) is 11.1 Å². The van der Waals surface area contributed by atoms with Crippen LogP contribution in [-0.4, -0.2) is 66.8 Å². The van der Waals surface area contributed by atoms with Crippen LogP contribution in [0.3, 0.4) is 0 Å². The van der Waals surface area contributed by atoms with Crippen molar-refractivity contribution < 1.29 is 64.8 Å². The lowest BCUT2D eigenvalue weighted by molar-refractivity contribution is -0.138. The molecule has 1 saturated carbocycles. The Hall–Kier alpha value is -6.49. The molecule has 0 bridgehead atoms. The number of β-amino-alcohol motifs (C(OH)–C–C–N with tert-alkyl or cyclic N) is 1. The normalized spacial score (nSPS) is 18.8. The predicted octanol–water partition coefficient (Wildman–Crippen LogP) is 10.2. The van der Waals surface area contributed by atoms with Crippen molar-refractivity contribution in [1.29, 1.82) is 0 Å². The molecule has 0 unspecified atom stereocenters. The molecule has 2 amide bonds. The van der Waals surface area contributed by atoms with Crippen LogP contribution in [0, 0.1) is 0 Å². The second kappa shape index (κ2) is 18.7. The van der Waals surface area contributed by atoms with E-state index in [0.29, 0.717) is 96.1 Å². The van der Waals surface area contributed by atoms with E-state index in [9.17, 15) is 45.8 Å². The first-order chi connectivity index (χ1) is 31.9. The Balaban J connectivity index is 0.000000182. The highest BCUT2D eigenvalue weighted by Crippen LogP contribution is 2.51. The summed E-state index contributed by atoms with van der Waals surface area (Å²) in [5, 5.41) is 15.0. The largest absolute Gasteiger partial charge is 0.490 e. The van der Waals surface area contributed by atoms with Crippen molar-refractivity contribution in [3.63, 3.8) is 0 Å². The zero-order valence-corrected chi connectivity index (χ0v) is 36.8. The average Bonchev–Trinajstić information content (AvgIpc) is 3.27. The number of ketones is 1. The van der Waals surface area contributed by atoms with E-state index in [1.165, 1.54) is 24.3 Å². The molecule has 4 aliphatic heterocycles. The zero-order valence-electron chi connectivity index (χ0n) is 36.8. The molecule has 9 rings (SSSR count). The summed E-state index contributed by atoms with van der Waals surface area (Å²) in [6.07, 6.45) is -1.42. The first-order valence-electron chi connectivity index (χ1n) is 22.1.